The van der Waals surface area contributed by atoms with E-state index in [9.17, 15) is 4.79 Å². The van der Waals surface area contributed by atoms with Crippen LogP contribution in [0, 0.1) is 11.3 Å². The Hall–Kier alpha value is -2.71. The van der Waals surface area contributed by atoms with Crippen molar-refractivity contribution in [3.05, 3.63) is 59.8 Å². The number of nitrogens with one attached hydrogen (secondary N) is 1. The SMILES string of the molecule is COC(C(=O)Nc1ccc(C#N)cn1)c1ccccc1. The number of amides is 1. The van der Waals surface area contributed by atoms with Gasteiger partial charge in [-0.05, 0) is 17.7 Å². The van der Waals surface area contributed by atoms with Crippen LogP contribution < -0.4 is 5.32 Å². The van der Waals surface area contributed by atoms with Gasteiger partial charge in [0.1, 0.15) is 11.9 Å². The summed E-state index contributed by atoms with van der Waals surface area (Å²) in [7, 11) is 1.48. The first kappa shape index (κ1) is 13.7. The van der Waals surface area contributed by atoms with E-state index < -0.39 is 6.10 Å². The third-order valence-corrected chi connectivity index (χ3v) is 2.72. The van der Waals surface area contributed by atoms with Crippen molar-refractivity contribution in [2.24, 2.45) is 0 Å². The van der Waals surface area contributed by atoms with E-state index in [1.807, 2.05) is 36.4 Å². The van der Waals surface area contributed by atoms with E-state index in [-0.39, 0.29) is 5.91 Å². The van der Waals surface area contributed by atoms with Gasteiger partial charge >= 0.3 is 0 Å². The standard InChI is InChI=1S/C15H13N3O2/c1-20-14(12-5-3-2-4-6-12)15(19)18-13-8-7-11(9-16)10-17-13/h2-8,10,14H,1H3,(H,17,18,19). The maximum absolute atomic E-state index is 12.2. The Morgan fingerprint density at radius 1 is 1.30 bits per heavy atom. The summed E-state index contributed by atoms with van der Waals surface area (Å²) in [4.78, 5) is 16.1. The average Bonchev–Trinajstić information content (AvgIpc) is 2.50. The molecule has 1 amide bonds. The number of hydrogen-bond acceptors (Lipinski definition) is 4. The van der Waals surface area contributed by atoms with Gasteiger partial charge < -0.3 is 10.1 Å². The molecule has 5 nitrogen and oxygen atoms in total. The molecule has 1 N–H and O–H groups in total. The van der Waals surface area contributed by atoms with Gasteiger partial charge in [-0.25, -0.2) is 4.98 Å². The van der Waals surface area contributed by atoms with Crippen molar-refractivity contribution in [2.45, 2.75) is 6.10 Å². The highest BCUT2D eigenvalue weighted by Crippen LogP contribution is 2.18. The minimum Gasteiger partial charge on any atom is -0.367 e. The number of aromatic nitrogens is 1. The normalized spacial score (nSPS) is 11.4. The minimum atomic E-state index is -0.700. The number of carbonyl (C=O) groups is 1. The lowest BCUT2D eigenvalue weighted by atomic mass is 10.1. The molecule has 2 rings (SSSR count). The molecule has 0 radical (unpaired) electrons. The minimum absolute atomic E-state index is 0.309. The van der Waals surface area contributed by atoms with Crippen LogP contribution in [-0.2, 0) is 9.53 Å². The van der Waals surface area contributed by atoms with Crippen LogP contribution in [0.4, 0.5) is 5.82 Å². The number of ether oxygens (including phenoxy) is 1. The molecule has 5 heteroatoms. The zero-order valence-electron chi connectivity index (χ0n) is 10.9. The number of hydrogen-bond donors (Lipinski definition) is 1. The molecule has 100 valence electrons. The maximum atomic E-state index is 12.2. The summed E-state index contributed by atoms with van der Waals surface area (Å²) in [5, 5.41) is 11.3. The van der Waals surface area contributed by atoms with Gasteiger partial charge in [-0.3, -0.25) is 4.79 Å². The van der Waals surface area contributed by atoms with Crippen molar-refractivity contribution in [3.63, 3.8) is 0 Å². The molecule has 1 atom stereocenters. The summed E-state index contributed by atoms with van der Waals surface area (Å²) in [5.74, 6) is 0.0721. The zero-order chi connectivity index (χ0) is 14.4. The molecule has 0 aliphatic heterocycles. The lowest BCUT2D eigenvalue weighted by Gasteiger charge is -2.15. The summed E-state index contributed by atoms with van der Waals surface area (Å²) in [5.41, 5.74) is 1.20. The molecule has 0 fully saturated rings. The molecule has 1 heterocycles. The molecule has 0 saturated carbocycles. The predicted molar refractivity (Wildman–Crippen MR) is 73.8 cm³/mol. The highest BCUT2D eigenvalue weighted by molar-refractivity contribution is 5.94. The van der Waals surface area contributed by atoms with E-state index in [1.54, 1.807) is 12.1 Å². The smallest absolute Gasteiger partial charge is 0.259 e. The molecule has 0 saturated heterocycles. The van der Waals surface area contributed by atoms with Crippen molar-refractivity contribution in [1.82, 2.24) is 4.98 Å². The molecule has 20 heavy (non-hydrogen) atoms. The fourth-order valence-corrected chi connectivity index (χ4v) is 1.75. The zero-order valence-corrected chi connectivity index (χ0v) is 10.9. The Balaban J connectivity index is 2.11. The molecule has 1 unspecified atom stereocenters. The molecule has 0 aliphatic carbocycles. The van der Waals surface area contributed by atoms with Crippen LogP contribution in [0.1, 0.15) is 17.2 Å². The number of benzene rings is 1. The second-order valence-electron chi connectivity index (χ2n) is 4.06. The van der Waals surface area contributed by atoms with E-state index in [0.717, 1.165) is 5.56 Å². The Bertz CT molecular complexity index is 618. The Morgan fingerprint density at radius 2 is 2.05 bits per heavy atom. The summed E-state index contributed by atoms with van der Waals surface area (Å²) in [6, 6.07) is 14.3. The molecular formula is C15H13N3O2. The van der Waals surface area contributed by atoms with Gasteiger partial charge in [-0.15, -0.1) is 0 Å². The Morgan fingerprint density at radius 3 is 2.60 bits per heavy atom. The second kappa shape index (κ2) is 6.45. The molecule has 1 aromatic heterocycles. The van der Waals surface area contributed by atoms with Crippen molar-refractivity contribution in [2.75, 3.05) is 12.4 Å². The van der Waals surface area contributed by atoms with E-state index in [1.165, 1.54) is 13.3 Å². The number of pyridine rings is 1. The van der Waals surface area contributed by atoms with E-state index >= 15 is 0 Å². The highest BCUT2D eigenvalue weighted by atomic mass is 16.5. The van der Waals surface area contributed by atoms with Gasteiger partial charge in [0.15, 0.2) is 6.10 Å². The van der Waals surface area contributed by atoms with Crippen LogP contribution in [0.15, 0.2) is 48.7 Å². The Kier molecular flexibility index (Phi) is 4.43. The second-order valence-corrected chi connectivity index (χ2v) is 4.06. The first-order valence-electron chi connectivity index (χ1n) is 5.99. The van der Waals surface area contributed by atoms with Crippen LogP contribution in [0.3, 0.4) is 0 Å². The maximum Gasteiger partial charge on any atom is 0.259 e. The average molecular weight is 267 g/mol. The fourth-order valence-electron chi connectivity index (χ4n) is 1.75. The predicted octanol–water partition coefficient (Wildman–Crippen LogP) is 2.28. The van der Waals surface area contributed by atoms with Crippen LogP contribution >= 0.6 is 0 Å². The van der Waals surface area contributed by atoms with Gasteiger partial charge in [0.25, 0.3) is 5.91 Å². The van der Waals surface area contributed by atoms with Gasteiger partial charge in [-0.2, -0.15) is 5.26 Å². The largest absolute Gasteiger partial charge is 0.367 e. The number of anilines is 1. The van der Waals surface area contributed by atoms with E-state index in [2.05, 4.69) is 10.3 Å². The first-order chi connectivity index (χ1) is 9.74. The molecule has 0 aliphatic rings. The Labute approximate surface area is 116 Å². The van der Waals surface area contributed by atoms with Gasteiger partial charge in [-0.1, -0.05) is 30.3 Å². The number of rotatable bonds is 4. The first-order valence-corrected chi connectivity index (χ1v) is 5.99. The van der Waals surface area contributed by atoms with Gasteiger partial charge in [0.2, 0.25) is 0 Å². The fraction of sp³-hybridized carbons (Fsp3) is 0.133. The van der Waals surface area contributed by atoms with E-state index in [0.29, 0.717) is 11.4 Å². The van der Waals surface area contributed by atoms with Crippen LogP contribution in [0.5, 0.6) is 0 Å². The van der Waals surface area contributed by atoms with Crippen LogP contribution in [0.25, 0.3) is 0 Å². The quantitative estimate of drug-likeness (QED) is 0.922. The van der Waals surface area contributed by atoms with Crippen molar-refractivity contribution >= 4 is 11.7 Å². The highest BCUT2D eigenvalue weighted by Gasteiger charge is 2.20. The van der Waals surface area contributed by atoms with Crippen molar-refractivity contribution in [3.8, 4) is 6.07 Å². The lowest BCUT2D eigenvalue weighted by Crippen LogP contribution is -2.23. The van der Waals surface area contributed by atoms with Crippen molar-refractivity contribution in [1.29, 1.82) is 5.26 Å². The number of carbonyl (C=O) groups excluding carboxylic acids is 1. The van der Waals surface area contributed by atoms with Gasteiger partial charge in [0.05, 0.1) is 5.56 Å². The number of nitriles is 1. The molecule has 2 aromatic rings. The summed E-state index contributed by atoms with van der Waals surface area (Å²) < 4.78 is 5.22. The molecule has 1 aromatic carbocycles. The van der Waals surface area contributed by atoms with Crippen LogP contribution in [0.2, 0.25) is 0 Å². The third kappa shape index (κ3) is 3.19. The van der Waals surface area contributed by atoms with E-state index in [4.69, 9.17) is 10.00 Å². The number of methoxy groups -OCH3 is 1. The summed E-state index contributed by atoms with van der Waals surface area (Å²) in [6.07, 6.45) is 0.702. The molecule has 0 bridgehead atoms. The van der Waals surface area contributed by atoms with Crippen LogP contribution in [-0.4, -0.2) is 18.0 Å². The topological polar surface area (TPSA) is 75.0 Å². The molecule has 0 spiro atoms. The monoisotopic (exact) mass is 267 g/mol. The third-order valence-electron chi connectivity index (χ3n) is 2.72. The lowest BCUT2D eigenvalue weighted by molar-refractivity contribution is -0.126. The van der Waals surface area contributed by atoms with Crippen molar-refractivity contribution < 1.29 is 9.53 Å². The van der Waals surface area contributed by atoms with Gasteiger partial charge in [0, 0.05) is 13.3 Å². The molecular weight excluding hydrogens is 254 g/mol. The summed E-state index contributed by atoms with van der Waals surface area (Å²) >= 11 is 0. The number of nitrogens with zero attached hydrogens (tertiary/aromatic N) is 2. The summed E-state index contributed by atoms with van der Waals surface area (Å²) in [6.45, 7) is 0.